The molecule has 22 heteroatoms. The van der Waals surface area contributed by atoms with Crippen LogP contribution in [-0.2, 0) is 0 Å². The third-order valence-electron chi connectivity index (χ3n) is 11.8. The first-order chi connectivity index (χ1) is 29.0. The molecule has 1 nitrogen and oxygen atoms in total. The monoisotopic (exact) mass is 919 g/mol. The Balaban J connectivity index is 0.000000416. The molecule has 0 N–H and O–H groups in total. The van der Waals surface area contributed by atoms with Crippen LogP contribution >= 0.6 is 0 Å². The lowest BCUT2D eigenvalue weighted by Gasteiger charge is -2.45. The second-order valence-electron chi connectivity index (χ2n) is 14.7. The van der Waals surface area contributed by atoms with Crippen LogP contribution in [0.25, 0.3) is 0 Å². The smallest absolute Gasteiger partial charge is 0.200 e. The van der Waals surface area contributed by atoms with E-state index in [1.165, 1.54) is 81.9 Å². The minimum Gasteiger partial charge on any atom is -0.322 e. The van der Waals surface area contributed by atoms with E-state index in [2.05, 4.69) is 20.8 Å². The minimum atomic E-state index is -7.22. The zero-order chi connectivity index (χ0) is 46.9. The summed E-state index contributed by atoms with van der Waals surface area (Å²) in [4.78, 5) is 0. The second kappa shape index (κ2) is 19.5. The van der Waals surface area contributed by atoms with Crippen molar-refractivity contribution in [2.45, 2.75) is 84.6 Å². The summed E-state index contributed by atoms with van der Waals surface area (Å²) in [6.07, 6.45) is 5.92. The molecule has 4 aromatic carbocycles. The maximum absolute atomic E-state index is 15.4. The van der Waals surface area contributed by atoms with Crippen molar-refractivity contribution >= 4 is 28.0 Å². The average molecular weight is 919 g/mol. The van der Waals surface area contributed by atoms with Gasteiger partial charge < -0.3 is 4.48 Å². The summed E-state index contributed by atoms with van der Waals surface area (Å²) in [6, 6.07) is 0.986. The Kier molecular flexibility index (Phi) is 15.8. The number of hydrogen-bond donors (Lipinski definition) is 0. The topological polar surface area (TPSA) is 0 Å². The molecule has 0 radical (unpaired) electrons. The fourth-order valence-corrected chi connectivity index (χ4v) is 8.60. The number of nitrogens with zero attached hydrogens (tertiary/aromatic N) is 1. The summed E-state index contributed by atoms with van der Waals surface area (Å²) < 4.78 is 295. The van der Waals surface area contributed by atoms with Crippen LogP contribution in [0, 0.1) is 116 Å². The molecular formula is C40H34BF20N. The summed E-state index contributed by atoms with van der Waals surface area (Å²) in [6.45, 7) is 11.3. The lowest BCUT2D eigenvalue weighted by Crippen LogP contribution is -2.81. The molecule has 4 aromatic rings. The van der Waals surface area contributed by atoms with E-state index < -0.39 is 144 Å². The molecule has 0 amide bonds. The lowest BCUT2D eigenvalue weighted by molar-refractivity contribution is -0.949. The van der Waals surface area contributed by atoms with Crippen LogP contribution in [0.5, 0.6) is 0 Å². The standard InChI is InChI=1S/C24BF20.C16H34N/c26-5-1(6(27)14(35)21(42)13(5)34)25(2-7(28)15(36)22(43)16(37)8(2)29,3-9(30)17(38)23(44)18(39)10(3)31)4-11(32)19(40)24(45)20(41)12(4)33;1-4-7-8-12-15-17(5-2,6-3)16-13-10-9-11-14-16/h;16H,4-15H2,1-3H3/q-1;+1. The van der Waals surface area contributed by atoms with Gasteiger partial charge in [-0.1, -0.05) is 26.2 Å². The van der Waals surface area contributed by atoms with Gasteiger partial charge in [0, 0.05) is 0 Å². The van der Waals surface area contributed by atoms with Gasteiger partial charge in [0.05, 0.1) is 25.7 Å². The molecule has 0 atom stereocenters. The van der Waals surface area contributed by atoms with Gasteiger partial charge in [0.1, 0.15) is 52.7 Å². The molecule has 1 saturated carbocycles. The SMILES string of the molecule is CCCCCC[N+](CC)(CC)C1CCCCC1.Fc1c(F)c(F)c([B-](c2c(F)c(F)c(F)c(F)c2F)(c2c(F)c(F)c(F)c(F)c2F)c2c(F)c(F)c(F)c(F)c2F)c(F)c1F. The summed E-state index contributed by atoms with van der Waals surface area (Å²) >= 11 is 0. The highest BCUT2D eigenvalue weighted by Crippen LogP contribution is 2.32. The number of quaternary nitrogens is 1. The first-order valence-corrected chi connectivity index (χ1v) is 19.1. The Labute approximate surface area is 340 Å². The van der Waals surface area contributed by atoms with Crippen LogP contribution < -0.4 is 21.9 Å². The molecule has 62 heavy (non-hydrogen) atoms. The van der Waals surface area contributed by atoms with E-state index in [0.717, 1.165) is 6.04 Å². The first kappa shape index (κ1) is 50.2. The summed E-state index contributed by atoms with van der Waals surface area (Å²) in [5, 5.41) is 0. The zero-order valence-corrected chi connectivity index (χ0v) is 32.6. The van der Waals surface area contributed by atoms with Crippen molar-refractivity contribution in [1.29, 1.82) is 0 Å². The van der Waals surface area contributed by atoms with Crippen molar-refractivity contribution in [1.82, 2.24) is 0 Å². The molecule has 0 aliphatic heterocycles. The molecule has 1 fully saturated rings. The van der Waals surface area contributed by atoms with E-state index in [1.807, 2.05) is 0 Å². The fourth-order valence-electron chi connectivity index (χ4n) is 8.60. The predicted molar refractivity (Wildman–Crippen MR) is 186 cm³/mol. The number of halogens is 20. The molecule has 0 heterocycles. The van der Waals surface area contributed by atoms with Gasteiger partial charge in [0.15, 0.2) is 69.8 Å². The number of unbranched alkanes of at least 4 members (excludes halogenated alkanes) is 3. The van der Waals surface area contributed by atoms with E-state index in [-0.39, 0.29) is 0 Å². The van der Waals surface area contributed by atoms with Crippen molar-refractivity contribution in [2.75, 3.05) is 19.6 Å². The molecule has 0 unspecified atom stereocenters. The fraction of sp³-hybridized carbons (Fsp3) is 0.400. The third-order valence-corrected chi connectivity index (χ3v) is 11.8. The first-order valence-electron chi connectivity index (χ1n) is 19.1. The highest BCUT2D eigenvalue weighted by atomic mass is 19.2. The van der Waals surface area contributed by atoms with Gasteiger partial charge in [-0.25, -0.2) is 87.8 Å². The Morgan fingerprint density at radius 3 is 0.806 bits per heavy atom. The molecule has 0 saturated heterocycles. The van der Waals surface area contributed by atoms with Crippen LogP contribution in [0.4, 0.5) is 87.8 Å². The Morgan fingerprint density at radius 1 is 0.339 bits per heavy atom. The van der Waals surface area contributed by atoms with E-state index in [0.29, 0.717) is 0 Å². The predicted octanol–water partition coefficient (Wildman–Crippen LogP) is 10.6. The molecular weight excluding hydrogens is 885 g/mol. The van der Waals surface area contributed by atoms with E-state index in [1.54, 1.807) is 0 Å². The van der Waals surface area contributed by atoms with E-state index in [9.17, 15) is 52.7 Å². The Morgan fingerprint density at radius 2 is 0.581 bits per heavy atom. The van der Waals surface area contributed by atoms with Crippen molar-refractivity contribution in [2.24, 2.45) is 0 Å². The van der Waals surface area contributed by atoms with Gasteiger partial charge in [0.25, 0.3) is 0 Å². The largest absolute Gasteiger partial charge is 0.322 e. The zero-order valence-electron chi connectivity index (χ0n) is 32.6. The van der Waals surface area contributed by atoms with Crippen LogP contribution in [-0.4, -0.2) is 36.3 Å². The lowest BCUT2D eigenvalue weighted by atomic mass is 9.12. The number of hydrogen-bond acceptors (Lipinski definition) is 0. The summed E-state index contributed by atoms with van der Waals surface area (Å²) in [5.74, 6) is -71.4. The highest BCUT2D eigenvalue weighted by Gasteiger charge is 2.52. The van der Waals surface area contributed by atoms with Crippen molar-refractivity contribution in [3.8, 4) is 0 Å². The number of rotatable bonds is 12. The summed E-state index contributed by atoms with van der Waals surface area (Å²) in [5.41, 5.74) is -14.3. The molecule has 1 aliphatic rings. The minimum absolute atomic E-state index is 0.986. The van der Waals surface area contributed by atoms with Gasteiger partial charge in [-0.3, -0.25) is 0 Å². The molecule has 0 aromatic heterocycles. The second-order valence-corrected chi connectivity index (χ2v) is 14.7. The van der Waals surface area contributed by atoms with E-state index >= 15 is 35.1 Å². The van der Waals surface area contributed by atoms with Crippen LogP contribution in [0.3, 0.4) is 0 Å². The van der Waals surface area contributed by atoms with Crippen molar-refractivity contribution in [3.63, 3.8) is 0 Å². The van der Waals surface area contributed by atoms with Crippen molar-refractivity contribution < 1.29 is 92.3 Å². The van der Waals surface area contributed by atoms with Crippen LogP contribution in [0.15, 0.2) is 0 Å². The average Bonchev–Trinajstić information content (AvgIpc) is 3.27. The highest BCUT2D eigenvalue weighted by molar-refractivity contribution is 7.20. The van der Waals surface area contributed by atoms with Gasteiger partial charge in [0.2, 0.25) is 0 Å². The third kappa shape index (κ3) is 8.12. The van der Waals surface area contributed by atoms with Gasteiger partial charge in [-0.2, -0.15) is 0 Å². The quantitative estimate of drug-likeness (QED) is 0.0332. The molecule has 1 aliphatic carbocycles. The normalized spacial score (nSPS) is 13.8. The maximum atomic E-state index is 15.4. The van der Waals surface area contributed by atoms with Crippen LogP contribution in [0.2, 0.25) is 0 Å². The Bertz CT molecular complexity index is 1940. The van der Waals surface area contributed by atoms with Crippen molar-refractivity contribution in [3.05, 3.63) is 116 Å². The molecule has 0 bridgehead atoms. The number of benzene rings is 4. The van der Waals surface area contributed by atoms with Crippen LogP contribution in [0.1, 0.15) is 78.6 Å². The Hall–Kier alpha value is -4.50. The molecule has 0 spiro atoms. The van der Waals surface area contributed by atoms with Gasteiger partial charge >= 0.3 is 0 Å². The molecule has 5 rings (SSSR count). The van der Waals surface area contributed by atoms with Gasteiger partial charge in [-0.05, 0) is 52.4 Å². The van der Waals surface area contributed by atoms with E-state index in [4.69, 9.17) is 0 Å². The maximum Gasteiger partial charge on any atom is 0.200 e. The van der Waals surface area contributed by atoms with Gasteiger partial charge in [-0.15, -0.1) is 21.9 Å². The summed E-state index contributed by atoms with van der Waals surface area (Å²) in [7, 11) is 0. The molecule has 342 valence electrons.